The van der Waals surface area contributed by atoms with E-state index in [2.05, 4.69) is 17.6 Å². The van der Waals surface area contributed by atoms with Crippen LogP contribution in [0.15, 0.2) is 0 Å². The fourth-order valence-corrected chi connectivity index (χ4v) is 3.01. The lowest BCUT2D eigenvalue weighted by molar-refractivity contribution is -0.126. The summed E-state index contributed by atoms with van der Waals surface area (Å²) in [5, 5.41) is 6.57. The van der Waals surface area contributed by atoms with E-state index in [1.807, 2.05) is 0 Å². The first-order valence-electron chi connectivity index (χ1n) is 7.42. The van der Waals surface area contributed by atoms with Gasteiger partial charge in [-0.2, -0.15) is 0 Å². The molecule has 0 aromatic rings. The number of nitrogens with one attached hydrogen (secondary N) is 2. The molecule has 0 radical (unpaired) electrons. The third kappa shape index (κ3) is 3.69. The summed E-state index contributed by atoms with van der Waals surface area (Å²) in [7, 11) is 0. The maximum Gasteiger partial charge on any atom is 0.227 e. The van der Waals surface area contributed by atoms with Gasteiger partial charge in [0.15, 0.2) is 0 Å². The molecule has 2 fully saturated rings. The summed E-state index contributed by atoms with van der Waals surface area (Å²) >= 11 is 0. The Morgan fingerprint density at radius 1 is 1.17 bits per heavy atom. The van der Waals surface area contributed by atoms with Crippen LogP contribution in [0.2, 0.25) is 0 Å². The number of ether oxygens (including phenoxy) is 1. The maximum absolute atomic E-state index is 12.3. The Morgan fingerprint density at radius 3 is 2.56 bits per heavy atom. The molecule has 2 rings (SSSR count). The van der Waals surface area contributed by atoms with Crippen molar-refractivity contribution in [3.05, 3.63) is 0 Å². The minimum atomic E-state index is -0.00629. The first kappa shape index (κ1) is 13.8. The summed E-state index contributed by atoms with van der Waals surface area (Å²) in [6.07, 6.45) is 7.43. The van der Waals surface area contributed by atoms with E-state index in [9.17, 15) is 4.79 Å². The SMILES string of the molecule is CCNC1COCC1C(=O)NC1CCCCCC1. The van der Waals surface area contributed by atoms with E-state index in [1.54, 1.807) is 0 Å². The monoisotopic (exact) mass is 254 g/mol. The number of carbonyl (C=O) groups excluding carboxylic acids is 1. The van der Waals surface area contributed by atoms with Crippen LogP contribution in [0.3, 0.4) is 0 Å². The normalized spacial score (nSPS) is 30.1. The summed E-state index contributed by atoms with van der Waals surface area (Å²) in [5.41, 5.74) is 0. The molecule has 0 bridgehead atoms. The summed E-state index contributed by atoms with van der Waals surface area (Å²) in [5.74, 6) is 0.179. The van der Waals surface area contributed by atoms with Crippen molar-refractivity contribution < 1.29 is 9.53 Å². The molecular weight excluding hydrogens is 228 g/mol. The smallest absolute Gasteiger partial charge is 0.227 e. The Balaban J connectivity index is 1.82. The van der Waals surface area contributed by atoms with Gasteiger partial charge in [0.25, 0.3) is 0 Å². The molecule has 1 amide bonds. The van der Waals surface area contributed by atoms with Gasteiger partial charge < -0.3 is 15.4 Å². The molecule has 2 aliphatic rings. The third-order valence-corrected chi connectivity index (χ3v) is 4.09. The van der Waals surface area contributed by atoms with Crippen molar-refractivity contribution >= 4 is 5.91 Å². The van der Waals surface area contributed by atoms with Gasteiger partial charge in [-0.05, 0) is 19.4 Å². The average Bonchev–Trinajstić information content (AvgIpc) is 2.67. The quantitative estimate of drug-likeness (QED) is 0.747. The Bertz CT molecular complexity index is 263. The molecule has 104 valence electrons. The molecule has 18 heavy (non-hydrogen) atoms. The van der Waals surface area contributed by atoms with Crippen LogP contribution in [0.1, 0.15) is 45.4 Å². The number of carbonyl (C=O) groups is 1. The van der Waals surface area contributed by atoms with Crippen LogP contribution >= 0.6 is 0 Å². The van der Waals surface area contributed by atoms with Crippen molar-refractivity contribution in [3.8, 4) is 0 Å². The molecule has 1 aliphatic carbocycles. The lowest BCUT2D eigenvalue weighted by Gasteiger charge is -2.22. The van der Waals surface area contributed by atoms with E-state index < -0.39 is 0 Å². The second kappa shape index (κ2) is 7.10. The fourth-order valence-electron chi connectivity index (χ4n) is 3.01. The minimum Gasteiger partial charge on any atom is -0.379 e. The first-order chi connectivity index (χ1) is 8.81. The van der Waals surface area contributed by atoms with E-state index >= 15 is 0 Å². The van der Waals surface area contributed by atoms with Gasteiger partial charge in [-0.25, -0.2) is 0 Å². The highest BCUT2D eigenvalue weighted by atomic mass is 16.5. The predicted octanol–water partition coefficient (Wildman–Crippen LogP) is 1.45. The summed E-state index contributed by atoms with van der Waals surface area (Å²) < 4.78 is 5.43. The molecule has 2 unspecified atom stereocenters. The largest absolute Gasteiger partial charge is 0.379 e. The van der Waals surface area contributed by atoms with Crippen molar-refractivity contribution in [1.82, 2.24) is 10.6 Å². The second-order valence-corrected chi connectivity index (χ2v) is 5.51. The predicted molar refractivity (Wildman–Crippen MR) is 71.4 cm³/mol. The van der Waals surface area contributed by atoms with E-state index in [0.29, 0.717) is 19.3 Å². The number of likely N-dealkylation sites (N-methyl/N-ethyl adjacent to an activating group) is 1. The van der Waals surface area contributed by atoms with Crippen LogP contribution in [0.25, 0.3) is 0 Å². The zero-order chi connectivity index (χ0) is 12.8. The number of hydrogen-bond donors (Lipinski definition) is 2. The molecule has 0 spiro atoms. The molecule has 2 N–H and O–H groups in total. The Labute approximate surface area is 110 Å². The highest BCUT2D eigenvalue weighted by molar-refractivity contribution is 5.80. The van der Waals surface area contributed by atoms with Gasteiger partial charge in [0, 0.05) is 12.1 Å². The van der Waals surface area contributed by atoms with Gasteiger partial charge in [0.2, 0.25) is 5.91 Å². The highest BCUT2D eigenvalue weighted by Gasteiger charge is 2.34. The van der Waals surface area contributed by atoms with Crippen LogP contribution in [0.5, 0.6) is 0 Å². The van der Waals surface area contributed by atoms with Crippen molar-refractivity contribution in [2.24, 2.45) is 5.92 Å². The summed E-state index contributed by atoms with van der Waals surface area (Å²) in [6.45, 7) is 4.19. The van der Waals surface area contributed by atoms with Crippen molar-refractivity contribution in [2.75, 3.05) is 19.8 Å². The minimum absolute atomic E-state index is 0.00629. The Morgan fingerprint density at radius 2 is 1.89 bits per heavy atom. The molecule has 2 atom stereocenters. The molecule has 4 nitrogen and oxygen atoms in total. The molecule has 1 aliphatic heterocycles. The lowest BCUT2D eigenvalue weighted by atomic mass is 10.0. The summed E-state index contributed by atoms with van der Waals surface area (Å²) in [6, 6.07) is 0.587. The van der Waals surface area contributed by atoms with Gasteiger partial charge in [-0.15, -0.1) is 0 Å². The van der Waals surface area contributed by atoms with E-state index in [4.69, 9.17) is 4.74 Å². The van der Waals surface area contributed by atoms with Crippen LogP contribution in [0.4, 0.5) is 0 Å². The fraction of sp³-hybridized carbons (Fsp3) is 0.929. The summed E-state index contributed by atoms with van der Waals surface area (Å²) in [4.78, 5) is 12.3. The number of amides is 1. The zero-order valence-corrected chi connectivity index (χ0v) is 11.4. The maximum atomic E-state index is 12.3. The van der Waals surface area contributed by atoms with Gasteiger partial charge in [0.05, 0.1) is 19.1 Å². The molecule has 0 aromatic heterocycles. The number of hydrogen-bond acceptors (Lipinski definition) is 3. The van der Waals surface area contributed by atoms with E-state index in [-0.39, 0.29) is 17.9 Å². The second-order valence-electron chi connectivity index (χ2n) is 5.51. The molecule has 1 saturated heterocycles. The molecule has 4 heteroatoms. The molecule has 1 saturated carbocycles. The van der Waals surface area contributed by atoms with E-state index in [0.717, 1.165) is 19.4 Å². The lowest BCUT2D eigenvalue weighted by Crippen LogP contribution is -2.46. The van der Waals surface area contributed by atoms with Crippen molar-refractivity contribution in [3.63, 3.8) is 0 Å². The standard InChI is InChI=1S/C14H26N2O2/c1-2-15-13-10-18-9-12(13)14(17)16-11-7-5-3-4-6-8-11/h11-13,15H,2-10H2,1H3,(H,16,17). The molecular formula is C14H26N2O2. The van der Waals surface area contributed by atoms with Crippen LogP contribution in [-0.2, 0) is 9.53 Å². The van der Waals surface area contributed by atoms with Gasteiger partial charge in [-0.1, -0.05) is 32.6 Å². The first-order valence-corrected chi connectivity index (χ1v) is 7.42. The highest BCUT2D eigenvalue weighted by Crippen LogP contribution is 2.19. The number of rotatable bonds is 4. The van der Waals surface area contributed by atoms with Gasteiger partial charge in [0.1, 0.15) is 0 Å². The van der Waals surface area contributed by atoms with E-state index in [1.165, 1.54) is 25.7 Å². The molecule has 0 aromatic carbocycles. The molecule has 1 heterocycles. The van der Waals surface area contributed by atoms with Crippen LogP contribution in [-0.4, -0.2) is 37.7 Å². The Hall–Kier alpha value is -0.610. The third-order valence-electron chi connectivity index (χ3n) is 4.09. The van der Waals surface area contributed by atoms with Gasteiger partial charge in [-0.3, -0.25) is 4.79 Å². The van der Waals surface area contributed by atoms with Crippen molar-refractivity contribution in [2.45, 2.75) is 57.5 Å². The zero-order valence-electron chi connectivity index (χ0n) is 11.4. The van der Waals surface area contributed by atoms with Gasteiger partial charge >= 0.3 is 0 Å². The average molecular weight is 254 g/mol. The van der Waals surface area contributed by atoms with Crippen LogP contribution < -0.4 is 10.6 Å². The Kier molecular flexibility index (Phi) is 5.45. The van der Waals surface area contributed by atoms with Crippen molar-refractivity contribution in [1.29, 1.82) is 0 Å². The topological polar surface area (TPSA) is 50.4 Å². The van der Waals surface area contributed by atoms with Crippen LogP contribution in [0, 0.1) is 5.92 Å².